The van der Waals surface area contributed by atoms with Crippen molar-refractivity contribution >= 4 is 27.4 Å². The molecule has 21 heavy (non-hydrogen) atoms. The van der Waals surface area contributed by atoms with E-state index in [1.54, 1.807) is 6.33 Å². The second kappa shape index (κ2) is 5.87. The molecule has 6 heteroatoms. The maximum absolute atomic E-state index is 4.49. The molecule has 2 aliphatic rings. The Kier molecular flexibility index (Phi) is 3.75. The number of piperazine rings is 1. The van der Waals surface area contributed by atoms with E-state index in [-0.39, 0.29) is 0 Å². The third kappa shape index (κ3) is 2.63. The summed E-state index contributed by atoms with van der Waals surface area (Å²) in [4.78, 5) is 14.1. The maximum atomic E-state index is 4.49. The Hall–Kier alpha value is -1.24. The fourth-order valence-corrected chi connectivity index (χ4v) is 4.56. The smallest absolute Gasteiger partial charge is 0.138 e. The summed E-state index contributed by atoms with van der Waals surface area (Å²) in [5, 5.41) is 8.22. The molecule has 2 aromatic rings. The summed E-state index contributed by atoms with van der Waals surface area (Å²) in [7, 11) is 0. The van der Waals surface area contributed by atoms with Crippen LogP contribution in [0.4, 0.5) is 5.82 Å². The SMILES string of the molecule is c1nc(NCCN2CCNCC2)c2c3c(sc2n1)CCC3. The Labute approximate surface area is 128 Å². The van der Waals surface area contributed by atoms with Crippen molar-refractivity contribution in [2.75, 3.05) is 44.6 Å². The van der Waals surface area contributed by atoms with Crippen LogP contribution in [0.2, 0.25) is 0 Å². The predicted octanol–water partition coefficient (Wildman–Crippen LogP) is 1.50. The molecular formula is C15H21N5S. The topological polar surface area (TPSA) is 53.1 Å². The average molecular weight is 303 g/mol. The van der Waals surface area contributed by atoms with Crippen LogP contribution < -0.4 is 10.6 Å². The molecule has 0 spiro atoms. The second-order valence-electron chi connectivity index (χ2n) is 5.78. The van der Waals surface area contributed by atoms with Gasteiger partial charge in [-0.1, -0.05) is 0 Å². The molecule has 112 valence electrons. The molecule has 3 heterocycles. The van der Waals surface area contributed by atoms with E-state index in [0.29, 0.717) is 0 Å². The van der Waals surface area contributed by atoms with Gasteiger partial charge in [-0.05, 0) is 24.8 Å². The van der Waals surface area contributed by atoms with Crippen LogP contribution in [0.5, 0.6) is 0 Å². The molecule has 0 amide bonds. The Morgan fingerprint density at radius 2 is 2.14 bits per heavy atom. The monoisotopic (exact) mass is 303 g/mol. The molecule has 1 saturated heterocycles. The molecule has 5 nitrogen and oxygen atoms in total. The fourth-order valence-electron chi connectivity index (χ4n) is 3.33. The molecule has 2 N–H and O–H groups in total. The third-order valence-electron chi connectivity index (χ3n) is 4.43. The molecule has 0 bridgehead atoms. The highest BCUT2D eigenvalue weighted by Gasteiger charge is 2.21. The van der Waals surface area contributed by atoms with Crippen molar-refractivity contribution in [2.24, 2.45) is 0 Å². The number of aromatic nitrogens is 2. The van der Waals surface area contributed by atoms with Gasteiger partial charge in [0.25, 0.3) is 0 Å². The molecule has 4 rings (SSSR count). The van der Waals surface area contributed by atoms with Gasteiger partial charge in [-0.2, -0.15) is 0 Å². The van der Waals surface area contributed by atoms with Gasteiger partial charge < -0.3 is 10.6 Å². The summed E-state index contributed by atoms with van der Waals surface area (Å²) >= 11 is 1.85. The number of fused-ring (bicyclic) bond motifs is 3. The lowest BCUT2D eigenvalue weighted by Crippen LogP contribution is -2.45. The minimum atomic E-state index is 0.955. The molecule has 0 aromatic carbocycles. The first-order valence-corrected chi connectivity index (χ1v) is 8.65. The van der Waals surface area contributed by atoms with Gasteiger partial charge in [0, 0.05) is 44.1 Å². The Morgan fingerprint density at radius 1 is 1.24 bits per heavy atom. The van der Waals surface area contributed by atoms with Gasteiger partial charge in [-0.25, -0.2) is 9.97 Å². The van der Waals surface area contributed by atoms with Crippen LogP contribution in [0.1, 0.15) is 16.9 Å². The molecule has 0 saturated carbocycles. The van der Waals surface area contributed by atoms with Crippen molar-refractivity contribution < 1.29 is 0 Å². The van der Waals surface area contributed by atoms with Gasteiger partial charge in [0.05, 0.1) is 5.39 Å². The van der Waals surface area contributed by atoms with Gasteiger partial charge in [-0.3, -0.25) is 4.90 Å². The van der Waals surface area contributed by atoms with E-state index in [4.69, 9.17) is 0 Å². The van der Waals surface area contributed by atoms with E-state index >= 15 is 0 Å². The zero-order valence-electron chi connectivity index (χ0n) is 12.2. The van der Waals surface area contributed by atoms with Crippen molar-refractivity contribution in [2.45, 2.75) is 19.3 Å². The van der Waals surface area contributed by atoms with Crippen molar-refractivity contribution in [3.8, 4) is 0 Å². The summed E-state index contributed by atoms with van der Waals surface area (Å²) < 4.78 is 0. The molecule has 1 aliphatic carbocycles. The molecule has 1 aliphatic heterocycles. The van der Waals surface area contributed by atoms with Gasteiger partial charge >= 0.3 is 0 Å². The summed E-state index contributed by atoms with van der Waals surface area (Å²) in [5.41, 5.74) is 1.50. The van der Waals surface area contributed by atoms with Crippen LogP contribution in [0.3, 0.4) is 0 Å². The first-order chi connectivity index (χ1) is 10.4. The molecule has 0 unspecified atom stereocenters. The lowest BCUT2D eigenvalue weighted by Gasteiger charge is -2.27. The van der Waals surface area contributed by atoms with Crippen molar-refractivity contribution in [3.05, 3.63) is 16.8 Å². The number of aryl methyl sites for hydroxylation is 2. The summed E-state index contributed by atoms with van der Waals surface area (Å²) in [6.07, 6.45) is 5.39. The van der Waals surface area contributed by atoms with E-state index in [1.165, 1.54) is 35.1 Å². The Bertz CT molecular complexity index is 632. The van der Waals surface area contributed by atoms with Crippen LogP contribution >= 0.6 is 11.3 Å². The van der Waals surface area contributed by atoms with E-state index in [9.17, 15) is 0 Å². The van der Waals surface area contributed by atoms with E-state index < -0.39 is 0 Å². The third-order valence-corrected chi connectivity index (χ3v) is 5.63. The van der Waals surface area contributed by atoms with Crippen LogP contribution in [0.15, 0.2) is 6.33 Å². The van der Waals surface area contributed by atoms with Gasteiger partial charge in [0.1, 0.15) is 17.0 Å². The molecule has 0 radical (unpaired) electrons. The number of anilines is 1. The van der Waals surface area contributed by atoms with E-state index in [0.717, 1.165) is 49.9 Å². The zero-order chi connectivity index (χ0) is 14.1. The van der Waals surface area contributed by atoms with Crippen LogP contribution in [0.25, 0.3) is 10.2 Å². The van der Waals surface area contributed by atoms with Gasteiger partial charge in [-0.15, -0.1) is 11.3 Å². The highest BCUT2D eigenvalue weighted by atomic mass is 32.1. The first kappa shape index (κ1) is 13.4. The highest BCUT2D eigenvalue weighted by Crippen LogP contribution is 2.38. The summed E-state index contributed by atoms with van der Waals surface area (Å²) in [5.74, 6) is 1.04. The van der Waals surface area contributed by atoms with E-state index in [1.807, 2.05) is 11.3 Å². The van der Waals surface area contributed by atoms with Gasteiger partial charge in [0.15, 0.2) is 0 Å². The number of rotatable bonds is 4. The highest BCUT2D eigenvalue weighted by molar-refractivity contribution is 7.19. The van der Waals surface area contributed by atoms with Crippen molar-refractivity contribution in [3.63, 3.8) is 0 Å². The van der Waals surface area contributed by atoms with Crippen molar-refractivity contribution in [1.29, 1.82) is 0 Å². The number of nitrogens with zero attached hydrogens (tertiary/aromatic N) is 3. The van der Waals surface area contributed by atoms with Crippen LogP contribution in [-0.4, -0.2) is 54.1 Å². The van der Waals surface area contributed by atoms with E-state index in [2.05, 4.69) is 25.5 Å². The van der Waals surface area contributed by atoms with Crippen LogP contribution in [0, 0.1) is 0 Å². The van der Waals surface area contributed by atoms with Crippen molar-refractivity contribution in [1.82, 2.24) is 20.2 Å². The molecular weight excluding hydrogens is 282 g/mol. The fraction of sp³-hybridized carbons (Fsp3) is 0.600. The number of nitrogens with one attached hydrogen (secondary N) is 2. The molecule has 2 aromatic heterocycles. The molecule has 0 atom stereocenters. The molecule has 1 fully saturated rings. The first-order valence-electron chi connectivity index (χ1n) is 7.84. The largest absolute Gasteiger partial charge is 0.368 e. The minimum absolute atomic E-state index is 0.955. The average Bonchev–Trinajstić information content (AvgIpc) is 3.09. The predicted molar refractivity (Wildman–Crippen MR) is 87.2 cm³/mol. The normalized spacial score (nSPS) is 19.0. The second-order valence-corrected chi connectivity index (χ2v) is 6.86. The standard InChI is InChI=1S/C15H21N5S/c1-2-11-12(3-1)21-15-13(11)14(18-10-19-15)17-6-9-20-7-4-16-5-8-20/h10,16H,1-9H2,(H,17,18,19). The van der Waals surface area contributed by atoms with Crippen LogP contribution in [-0.2, 0) is 12.8 Å². The minimum Gasteiger partial charge on any atom is -0.368 e. The maximum Gasteiger partial charge on any atom is 0.138 e. The number of thiophene rings is 1. The number of hydrogen-bond donors (Lipinski definition) is 2. The summed E-state index contributed by atoms with van der Waals surface area (Å²) in [6, 6.07) is 0. The quantitative estimate of drug-likeness (QED) is 0.896. The van der Waals surface area contributed by atoms with Gasteiger partial charge in [0.2, 0.25) is 0 Å². The lowest BCUT2D eigenvalue weighted by molar-refractivity contribution is 0.249. The lowest BCUT2D eigenvalue weighted by atomic mass is 10.2. The number of hydrogen-bond acceptors (Lipinski definition) is 6. The zero-order valence-corrected chi connectivity index (χ0v) is 13.0. The Balaban J connectivity index is 1.48. The Morgan fingerprint density at radius 3 is 3.05 bits per heavy atom. The summed E-state index contributed by atoms with van der Waals surface area (Å²) in [6.45, 7) is 6.55.